The summed E-state index contributed by atoms with van der Waals surface area (Å²) in [5.41, 5.74) is 2.76. The topological polar surface area (TPSA) is 104 Å². The van der Waals surface area contributed by atoms with Crippen LogP contribution in [0.5, 0.6) is 11.5 Å². The zero-order valence-corrected chi connectivity index (χ0v) is 28.6. The zero-order chi connectivity index (χ0) is 33.2. The lowest BCUT2D eigenvalue weighted by atomic mass is 9.76. The molecule has 46 heavy (non-hydrogen) atoms. The Morgan fingerprint density at radius 3 is 2.57 bits per heavy atom. The number of ether oxygens (including phenoxy) is 3. The number of alkyl halides is 1. The van der Waals surface area contributed by atoms with Gasteiger partial charge in [-0.05, 0) is 63.0 Å². The molecule has 0 amide bonds. The lowest BCUT2D eigenvalue weighted by molar-refractivity contribution is -0.0540. The highest BCUT2D eigenvalue weighted by Gasteiger charge is 2.51. The number of allylic oxidation sites excluding steroid dienone is 3. The summed E-state index contributed by atoms with van der Waals surface area (Å²) < 4.78 is 19.3. The molecule has 2 aliphatic rings. The predicted octanol–water partition coefficient (Wildman–Crippen LogP) is 5.37. The van der Waals surface area contributed by atoms with Crippen LogP contribution in [-0.2, 0) is 11.3 Å². The van der Waals surface area contributed by atoms with Crippen LogP contribution in [0.25, 0.3) is 5.57 Å². The number of likely N-dealkylation sites (tertiary alicyclic amines) is 1. The maximum absolute atomic E-state index is 9.92. The van der Waals surface area contributed by atoms with E-state index >= 15 is 0 Å². The molecule has 1 heterocycles. The molecule has 1 fully saturated rings. The van der Waals surface area contributed by atoms with E-state index in [0.29, 0.717) is 42.8 Å². The summed E-state index contributed by atoms with van der Waals surface area (Å²) in [5, 5.41) is 32.5. The highest BCUT2D eigenvalue weighted by Crippen LogP contribution is 2.47. The Hall–Kier alpha value is -2.40. The number of aliphatic hydroxyl groups excluding tert-OH is 3. The maximum atomic E-state index is 9.92. The van der Waals surface area contributed by atoms with Crippen LogP contribution in [0.1, 0.15) is 44.7 Å². The van der Waals surface area contributed by atoms with Gasteiger partial charge in [0.1, 0.15) is 35.2 Å². The minimum absolute atomic E-state index is 0.0813. The summed E-state index contributed by atoms with van der Waals surface area (Å²) in [6.45, 7) is 9.15. The van der Waals surface area contributed by atoms with Crippen molar-refractivity contribution in [1.29, 1.82) is 0 Å². The molecule has 8 nitrogen and oxygen atoms in total. The molecule has 2 aromatic carbocycles. The fourth-order valence-corrected chi connectivity index (χ4v) is 6.26. The summed E-state index contributed by atoms with van der Waals surface area (Å²) in [6.07, 6.45) is 9.24. The van der Waals surface area contributed by atoms with Crippen molar-refractivity contribution >= 4 is 28.8 Å². The summed E-state index contributed by atoms with van der Waals surface area (Å²) in [4.78, 5) is 1.26. The number of halogens is 2. The van der Waals surface area contributed by atoms with Crippen LogP contribution in [0.15, 0.2) is 72.3 Å². The molecule has 0 bridgehead atoms. The minimum Gasteiger partial charge on any atom is -0.489 e. The van der Waals surface area contributed by atoms with Gasteiger partial charge >= 0.3 is 0 Å². The fourth-order valence-electron chi connectivity index (χ4n) is 5.68. The van der Waals surface area contributed by atoms with E-state index in [9.17, 15) is 15.3 Å². The largest absolute Gasteiger partial charge is 0.489 e. The highest BCUT2D eigenvalue weighted by atomic mass is 35.5. The van der Waals surface area contributed by atoms with Crippen molar-refractivity contribution in [3.05, 3.63) is 88.5 Å². The van der Waals surface area contributed by atoms with Crippen LogP contribution in [-0.4, -0.2) is 95.5 Å². The van der Waals surface area contributed by atoms with Crippen molar-refractivity contribution in [2.75, 3.05) is 52.7 Å². The Morgan fingerprint density at radius 2 is 1.89 bits per heavy atom. The average molecular weight is 676 g/mol. The van der Waals surface area contributed by atoms with Crippen LogP contribution >= 0.6 is 23.2 Å². The van der Waals surface area contributed by atoms with Crippen molar-refractivity contribution in [2.45, 2.75) is 62.8 Å². The number of hydrogen-bond donors (Lipinski definition) is 4. The number of hydrogen-bond acceptors (Lipinski definition) is 8. The molecular formula is C36H48Cl2N2O6. The summed E-state index contributed by atoms with van der Waals surface area (Å²) >= 11 is 14.3. The Bertz CT molecular complexity index is 1360. The second kappa shape index (κ2) is 17.1. The van der Waals surface area contributed by atoms with Gasteiger partial charge in [-0.1, -0.05) is 59.7 Å². The van der Waals surface area contributed by atoms with Gasteiger partial charge in [0.25, 0.3) is 0 Å². The Kier molecular flexibility index (Phi) is 13.6. The molecule has 4 N–H and O–H groups in total. The van der Waals surface area contributed by atoms with Crippen molar-refractivity contribution in [1.82, 2.24) is 10.2 Å². The van der Waals surface area contributed by atoms with Crippen LogP contribution in [0.3, 0.4) is 0 Å². The molecule has 1 aliphatic carbocycles. The van der Waals surface area contributed by atoms with E-state index < -0.39 is 16.5 Å². The van der Waals surface area contributed by atoms with Gasteiger partial charge in [-0.15, -0.1) is 11.6 Å². The number of aliphatic hydroxyl groups is 3. The third-order valence-corrected chi connectivity index (χ3v) is 9.37. The van der Waals surface area contributed by atoms with Gasteiger partial charge in [0, 0.05) is 44.4 Å². The quantitative estimate of drug-likeness (QED) is 0.101. The number of β-amino-alcohol motifs (C(OH)–C–C–N with tert-alkyl or cyclic N) is 1. The number of benzene rings is 2. The normalized spacial score (nSPS) is 23.1. The molecule has 3 atom stereocenters. The molecule has 4 rings (SSSR count). The maximum Gasteiger partial charge on any atom is 0.143 e. The number of nitrogens with zero attached hydrogens (tertiary/aromatic N) is 1. The minimum atomic E-state index is -1.04. The molecule has 0 aromatic heterocycles. The van der Waals surface area contributed by atoms with E-state index in [1.165, 1.54) is 0 Å². The molecule has 2 unspecified atom stereocenters. The van der Waals surface area contributed by atoms with Crippen LogP contribution in [0, 0.1) is 0 Å². The van der Waals surface area contributed by atoms with E-state index in [-0.39, 0.29) is 25.9 Å². The van der Waals surface area contributed by atoms with Gasteiger partial charge in [-0.2, -0.15) is 0 Å². The molecule has 1 saturated heterocycles. The second-order valence-corrected chi connectivity index (χ2v) is 13.5. The highest BCUT2D eigenvalue weighted by molar-refractivity contribution is 6.32. The lowest BCUT2D eigenvalue weighted by Crippen LogP contribution is -2.55. The van der Waals surface area contributed by atoms with Crippen molar-refractivity contribution < 1.29 is 29.5 Å². The smallest absolute Gasteiger partial charge is 0.143 e. The van der Waals surface area contributed by atoms with E-state index in [0.717, 1.165) is 48.2 Å². The monoisotopic (exact) mass is 674 g/mol. The molecule has 0 spiro atoms. The van der Waals surface area contributed by atoms with E-state index in [2.05, 4.69) is 10.2 Å². The van der Waals surface area contributed by atoms with Crippen molar-refractivity contribution in [2.24, 2.45) is 0 Å². The standard InChI is InChI=1S/C36H48Cl2N2O6/c1-26(2)13-18-44-33-20-34(32(37)19-28(33)21-39-29(23-41)24-42)45-25-36(46-17-8-15-40-16-12-30(43)22-40)14-7-11-31(35(36,3)38)27-9-5-4-6-10-27/h4-7,9-11,13-14,19-20,29-30,39,41-43H,8,12,15-18,21-25H2,1-3H3/t30?,35-,36?/m1/s1. The lowest BCUT2D eigenvalue weighted by Gasteiger charge is -2.45. The molecule has 10 heteroatoms. The molecule has 252 valence electrons. The van der Waals surface area contributed by atoms with Gasteiger partial charge in [0.15, 0.2) is 0 Å². The molecular weight excluding hydrogens is 627 g/mol. The summed E-state index contributed by atoms with van der Waals surface area (Å²) in [7, 11) is 0. The first-order chi connectivity index (χ1) is 22.1. The molecule has 2 aromatic rings. The van der Waals surface area contributed by atoms with E-state index in [1.54, 1.807) is 12.1 Å². The number of nitrogens with one attached hydrogen (secondary N) is 1. The van der Waals surface area contributed by atoms with Gasteiger partial charge in [-0.3, -0.25) is 0 Å². The Labute approximate surface area is 283 Å². The molecule has 1 aliphatic heterocycles. The van der Waals surface area contributed by atoms with E-state index in [4.69, 9.17) is 37.4 Å². The van der Waals surface area contributed by atoms with Crippen molar-refractivity contribution in [3.63, 3.8) is 0 Å². The zero-order valence-electron chi connectivity index (χ0n) is 27.1. The predicted molar refractivity (Wildman–Crippen MR) is 185 cm³/mol. The van der Waals surface area contributed by atoms with Gasteiger partial charge in [0.2, 0.25) is 0 Å². The van der Waals surface area contributed by atoms with Gasteiger partial charge in [-0.25, -0.2) is 0 Å². The van der Waals surface area contributed by atoms with Gasteiger partial charge < -0.3 is 39.7 Å². The summed E-state index contributed by atoms with van der Waals surface area (Å²) in [6, 6.07) is 13.1. The molecule has 0 saturated carbocycles. The first-order valence-corrected chi connectivity index (χ1v) is 16.7. The van der Waals surface area contributed by atoms with Crippen LogP contribution in [0.2, 0.25) is 5.02 Å². The van der Waals surface area contributed by atoms with Crippen LogP contribution in [0.4, 0.5) is 0 Å². The Balaban J connectivity index is 1.59. The third kappa shape index (κ3) is 9.36. The van der Waals surface area contributed by atoms with E-state index in [1.807, 2.05) is 75.4 Å². The van der Waals surface area contributed by atoms with Crippen molar-refractivity contribution in [3.8, 4) is 11.5 Å². The Morgan fingerprint density at radius 1 is 1.13 bits per heavy atom. The first kappa shape index (κ1) is 36.4. The second-order valence-electron chi connectivity index (χ2n) is 12.4. The molecule has 0 radical (unpaired) electrons. The van der Waals surface area contributed by atoms with Gasteiger partial charge in [0.05, 0.1) is 30.4 Å². The first-order valence-electron chi connectivity index (χ1n) is 15.9. The summed E-state index contributed by atoms with van der Waals surface area (Å²) in [5.74, 6) is 0.990. The fraction of sp³-hybridized carbons (Fsp3) is 0.500. The SMILES string of the molecule is CC(C)=CCOc1cc(OCC2(OCCCN3CCC(O)C3)C=CC=C(c3ccccc3)[C@@]2(C)Cl)c(Cl)cc1CNC(CO)CO. The average Bonchev–Trinajstić information content (AvgIpc) is 3.45. The van der Waals surface area contributed by atoms with Crippen LogP contribution < -0.4 is 14.8 Å². The number of rotatable bonds is 17. The third-order valence-electron chi connectivity index (χ3n) is 8.55.